The summed E-state index contributed by atoms with van der Waals surface area (Å²) in [7, 11) is -3.05. The minimum absolute atomic E-state index is 0.0503. The Balaban J connectivity index is 1.82. The van der Waals surface area contributed by atoms with Crippen molar-refractivity contribution in [2.75, 3.05) is 11.5 Å². The molecule has 3 unspecified atom stereocenters. The molecule has 1 saturated heterocycles. The first kappa shape index (κ1) is 15.3. The Morgan fingerprint density at radius 2 is 1.65 bits per heavy atom. The van der Waals surface area contributed by atoms with Gasteiger partial charge in [-0.2, -0.15) is 0 Å². The molecule has 6 nitrogen and oxygen atoms in total. The molecule has 1 aliphatic carbocycles. The van der Waals surface area contributed by atoms with Crippen LogP contribution in [0.15, 0.2) is 0 Å². The molecule has 2 amide bonds. The maximum absolute atomic E-state index is 11.8. The molecule has 1 heterocycles. The quantitative estimate of drug-likeness (QED) is 0.701. The van der Waals surface area contributed by atoms with E-state index >= 15 is 0 Å². The van der Waals surface area contributed by atoms with Gasteiger partial charge in [-0.1, -0.05) is 19.8 Å². The molecule has 1 saturated carbocycles. The highest BCUT2D eigenvalue weighted by Gasteiger charge is 2.31. The third kappa shape index (κ3) is 3.94. The van der Waals surface area contributed by atoms with Crippen LogP contribution < -0.4 is 10.6 Å². The summed E-state index contributed by atoms with van der Waals surface area (Å²) in [6, 6.07) is -0.378. The molecule has 2 aliphatic rings. The Morgan fingerprint density at radius 1 is 1.00 bits per heavy atom. The van der Waals surface area contributed by atoms with Crippen molar-refractivity contribution < 1.29 is 18.0 Å². The number of hydrogen-bond donors (Lipinski definition) is 2. The number of rotatable bonds is 2. The summed E-state index contributed by atoms with van der Waals surface area (Å²) in [4.78, 5) is 23.6. The lowest BCUT2D eigenvalue weighted by Gasteiger charge is -2.29. The van der Waals surface area contributed by atoms with Gasteiger partial charge in [-0.15, -0.1) is 0 Å². The van der Waals surface area contributed by atoms with Crippen molar-refractivity contribution >= 4 is 21.7 Å². The number of sulfone groups is 1. The van der Waals surface area contributed by atoms with Crippen molar-refractivity contribution in [3.63, 3.8) is 0 Å². The van der Waals surface area contributed by atoms with Crippen LogP contribution in [0, 0.1) is 5.92 Å². The van der Waals surface area contributed by atoms with E-state index in [1.165, 1.54) is 6.42 Å². The molecular formula is C13H22N2O4S. The monoisotopic (exact) mass is 302 g/mol. The third-order valence-electron chi connectivity index (χ3n) is 4.20. The fourth-order valence-corrected chi connectivity index (χ4v) is 4.60. The van der Waals surface area contributed by atoms with Crippen LogP contribution in [0.5, 0.6) is 0 Å². The summed E-state index contributed by atoms with van der Waals surface area (Å²) in [5, 5.41) is 5.27. The lowest BCUT2D eigenvalue weighted by Crippen LogP contribution is -2.50. The molecule has 0 spiro atoms. The minimum atomic E-state index is -3.05. The van der Waals surface area contributed by atoms with E-state index in [9.17, 15) is 18.0 Å². The number of amides is 2. The first-order chi connectivity index (χ1) is 9.37. The summed E-state index contributed by atoms with van der Waals surface area (Å²) in [5.74, 6) is -0.962. The predicted molar refractivity (Wildman–Crippen MR) is 74.8 cm³/mol. The highest BCUT2D eigenvalue weighted by atomic mass is 32.2. The molecule has 0 aromatic heterocycles. The fourth-order valence-electron chi connectivity index (χ4n) is 2.92. The van der Waals surface area contributed by atoms with Gasteiger partial charge in [0.1, 0.15) is 0 Å². The molecular weight excluding hydrogens is 280 g/mol. The van der Waals surface area contributed by atoms with Gasteiger partial charge in [0, 0.05) is 12.1 Å². The largest absolute Gasteiger partial charge is 0.345 e. The maximum Gasteiger partial charge on any atom is 0.309 e. The van der Waals surface area contributed by atoms with Crippen LogP contribution in [0.25, 0.3) is 0 Å². The Kier molecular flexibility index (Phi) is 4.67. The zero-order valence-electron chi connectivity index (χ0n) is 11.7. The zero-order chi connectivity index (χ0) is 14.8. The van der Waals surface area contributed by atoms with E-state index in [-0.39, 0.29) is 17.5 Å². The second kappa shape index (κ2) is 6.11. The van der Waals surface area contributed by atoms with E-state index in [0.717, 1.165) is 19.3 Å². The van der Waals surface area contributed by atoms with Gasteiger partial charge in [0.15, 0.2) is 9.84 Å². The van der Waals surface area contributed by atoms with Gasteiger partial charge in [-0.05, 0) is 25.2 Å². The molecule has 0 aromatic rings. The minimum Gasteiger partial charge on any atom is -0.345 e. The van der Waals surface area contributed by atoms with E-state index in [2.05, 4.69) is 17.6 Å². The van der Waals surface area contributed by atoms with E-state index in [4.69, 9.17) is 0 Å². The highest BCUT2D eigenvalue weighted by molar-refractivity contribution is 7.91. The molecule has 2 fully saturated rings. The first-order valence-corrected chi connectivity index (χ1v) is 9.01. The molecule has 1 aliphatic heterocycles. The molecule has 7 heteroatoms. The zero-order valence-corrected chi connectivity index (χ0v) is 12.5. The van der Waals surface area contributed by atoms with Crippen molar-refractivity contribution in [2.45, 2.75) is 51.1 Å². The SMILES string of the molecule is CC1CCCCC1NC(=O)C(=O)NC1CCS(=O)(=O)C1. The van der Waals surface area contributed by atoms with Gasteiger partial charge in [0.25, 0.3) is 0 Å². The average molecular weight is 302 g/mol. The van der Waals surface area contributed by atoms with Crippen molar-refractivity contribution in [1.29, 1.82) is 0 Å². The van der Waals surface area contributed by atoms with Gasteiger partial charge in [0.05, 0.1) is 11.5 Å². The van der Waals surface area contributed by atoms with Crippen molar-refractivity contribution in [1.82, 2.24) is 10.6 Å². The molecule has 2 rings (SSSR count). The van der Waals surface area contributed by atoms with Gasteiger partial charge < -0.3 is 10.6 Å². The summed E-state index contributed by atoms with van der Waals surface area (Å²) < 4.78 is 22.6. The highest BCUT2D eigenvalue weighted by Crippen LogP contribution is 2.23. The standard InChI is InChI=1S/C13H22N2O4S/c1-9-4-2-3-5-11(9)15-13(17)12(16)14-10-6-7-20(18,19)8-10/h9-11H,2-8H2,1H3,(H,14,16)(H,15,17). The maximum atomic E-state index is 11.8. The summed E-state index contributed by atoms with van der Waals surface area (Å²) >= 11 is 0. The predicted octanol–water partition coefficient (Wildman–Crippen LogP) is -0.0154. The van der Waals surface area contributed by atoms with Gasteiger partial charge in [-0.25, -0.2) is 8.42 Å². The molecule has 0 radical (unpaired) electrons. The van der Waals surface area contributed by atoms with E-state index in [0.29, 0.717) is 12.3 Å². The topological polar surface area (TPSA) is 92.3 Å². The second-order valence-electron chi connectivity index (χ2n) is 5.92. The van der Waals surface area contributed by atoms with Crippen LogP contribution >= 0.6 is 0 Å². The van der Waals surface area contributed by atoms with Crippen LogP contribution in [0.4, 0.5) is 0 Å². The van der Waals surface area contributed by atoms with Crippen LogP contribution in [0.1, 0.15) is 39.0 Å². The summed E-state index contributed by atoms with van der Waals surface area (Å²) in [6.07, 6.45) is 4.59. The molecule has 0 aromatic carbocycles. The number of carbonyl (C=O) groups excluding carboxylic acids is 2. The van der Waals surface area contributed by atoms with Crippen LogP contribution in [0.3, 0.4) is 0 Å². The average Bonchev–Trinajstić information content (AvgIpc) is 2.71. The van der Waals surface area contributed by atoms with Crippen LogP contribution in [0.2, 0.25) is 0 Å². The molecule has 114 valence electrons. The number of carbonyl (C=O) groups is 2. The van der Waals surface area contributed by atoms with Crippen molar-refractivity contribution in [3.05, 3.63) is 0 Å². The van der Waals surface area contributed by atoms with Crippen LogP contribution in [-0.4, -0.2) is 43.8 Å². The number of nitrogens with one attached hydrogen (secondary N) is 2. The van der Waals surface area contributed by atoms with Gasteiger partial charge in [-0.3, -0.25) is 9.59 Å². The lowest BCUT2D eigenvalue weighted by molar-refractivity contribution is -0.140. The normalized spacial score (nSPS) is 32.5. The Bertz CT molecular complexity index is 489. The summed E-state index contributed by atoms with van der Waals surface area (Å²) in [5.41, 5.74) is 0. The lowest BCUT2D eigenvalue weighted by atomic mass is 9.86. The van der Waals surface area contributed by atoms with Crippen molar-refractivity contribution in [2.24, 2.45) is 5.92 Å². The smallest absolute Gasteiger partial charge is 0.309 e. The van der Waals surface area contributed by atoms with Crippen LogP contribution in [-0.2, 0) is 19.4 Å². The molecule has 3 atom stereocenters. The Hall–Kier alpha value is -1.11. The number of hydrogen-bond acceptors (Lipinski definition) is 4. The molecule has 0 bridgehead atoms. The molecule has 2 N–H and O–H groups in total. The van der Waals surface area contributed by atoms with E-state index in [1.54, 1.807) is 0 Å². The van der Waals surface area contributed by atoms with Gasteiger partial charge >= 0.3 is 11.8 Å². The second-order valence-corrected chi connectivity index (χ2v) is 8.14. The third-order valence-corrected chi connectivity index (χ3v) is 5.97. The summed E-state index contributed by atoms with van der Waals surface area (Å²) in [6.45, 7) is 2.07. The van der Waals surface area contributed by atoms with E-state index < -0.39 is 27.7 Å². The first-order valence-electron chi connectivity index (χ1n) is 7.19. The Morgan fingerprint density at radius 3 is 2.25 bits per heavy atom. The van der Waals surface area contributed by atoms with Gasteiger partial charge in [0.2, 0.25) is 0 Å². The fraction of sp³-hybridized carbons (Fsp3) is 0.846. The Labute approximate surface area is 119 Å². The molecule has 20 heavy (non-hydrogen) atoms. The van der Waals surface area contributed by atoms with Crippen molar-refractivity contribution in [3.8, 4) is 0 Å². The van der Waals surface area contributed by atoms with E-state index in [1.807, 2.05) is 0 Å².